The van der Waals surface area contributed by atoms with Gasteiger partial charge in [0.25, 0.3) is 11.5 Å². The molecule has 3 heterocycles. The second kappa shape index (κ2) is 11.1. The summed E-state index contributed by atoms with van der Waals surface area (Å²) in [6.45, 7) is 5.14. The molecule has 8 nitrogen and oxygen atoms in total. The zero-order chi connectivity index (χ0) is 24.9. The molecule has 35 heavy (non-hydrogen) atoms. The Bertz CT molecular complexity index is 1350. The summed E-state index contributed by atoms with van der Waals surface area (Å²) in [5, 5.41) is 12.0. The van der Waals surface area contributed by atoms with E-state index < -0.39 is 0 Å². The van der Waals surface area contributed by atoms with Crippen LogP contribution in [0, 0.1) is 13.8 Å². The maximum Gasteiger partial charge on any atom is 0.267 e. The SMILES string of the molecule is Cc1ccc(CN2C(=O)/C(=C/c3c(NCCOCCO)nc4ccc(C)cn4c3=O)SC2=S)cc1. The average molecular weight is 511 g/mol. The number of thiocarbonyl (C=S) groups is 1. The summed E-state index contributed by atoms with van der Waals surface area (Å²) in [7, 11) is 0. The minimum atomic E-state index is -0.290. The first-order valence-corrected chi connectivity index (χ1v) is 12.4. The Morgan fingerprint density at radius 3 is 2.60 bits per heavy atom. The van der Waals surface area contributed by atoms with E-state index in [4.69, 9.17) is 22.1 Å². The second-order valence-corrected chi connectivity index (χ2v) is 9.81. The highest BCUT2D eigenvalue weighted by Crippen LogP contribution is 2.34. The molecule has 1 aromatic carbocycles. The van der Waals surface area contributed by atoms with Gasteiger partial charge in [0.1, 0.15) is 15.8 Å². The number of fused-ring (bicyclic) bond motifs is 1. The number of nitrogens with one attached hydrogen (secondary N) is 1. The summed E-state index contributed by atoms with van der Waals surface area (Å²) in [5.74, 6) is 0.113. The molecular weight excluding hydrogens is 484 g/mol. The molecule has 1 aliphatic heterocycles. The smallest absolute Gasteiger partial charge is 0.267 e. The zero-order valence-electron chi connectivity index (χ0n) is 19.5. The van der Waals surface area contributed by atoms with E-state index in [0.29, 0.717) is 40.4 Å². The van der Waals surface area contributed by atoms with Crippen molar-refractivity contribution in [3.8, 4) is 0 Å². The maximum atomic E-state index is 13.4. The van der Waals surface area contributed by atoms with E-state index >= 15 is 0 Å². The Kier molecular flexibility index (Phi) is 7.97. The van der Waals surface area contributed by atoms with Crippen molar-refractivity contribution in [3.05, 3.63) is 80.1 Å². The lowest BCUT2D eigenvalue weighted by molar-refractivity contribution is -0.122. The van der Waals surface area contributed by atoms with Crippen molar-refractivity contribution in [3.63, 3.8) is 0 Å². The number of ether oxygens (including phenoxy) is 1. The number of aromatic nitrogens is 2. The van der Waals surface area contributed by atoms with Gasteiger partial charge in [-0.15, -0.1) is 0 Å². The summed E-state index contributed by atoms with van der Waals surface area (Å²) >= 11 is 6.65. The molecule has 1 amide bonds. The van der Waals surface area contributed by atoms with Gasteiger partial charge in [0.05, 0.1) is 36.8 Å². The Morgan fingerprint density at radius 2 is 1.86 bits per heavy atom. The largest absolute Gasteiger partial charge is 0.394 e. The lowest BCUT2D eigenvalue weighted by Crippen LogP contribution is -2.27. The molecule has 0 bridgehead atoms. The van der Waals surface area contributed by atoms with Gasteiger partial charge >= 0.3 is 0 Å². The summed E-state index contributed by atoms with van der Waals surface area (Å²) in [6.07, 6.45) is 3.29. The molecule has 10 heteroatoms. The van der Waals surface area contributed by atoms with Gasteiger partial charge in [-0.25, -0.2) is 4.98 Å². The summed E-state index contributed by atoms with van der Waals surface area (Å²) in [5.41, 5.74) is 3.49. The normalized spacial score (nSPS) is 14.9. The van der Waals surface area contributed by atoms with E-state index in [1.807, 2.05) is 44.2 Å². The number of amides is 1. The maximum absolute atomic E-state index is 13.4. The number of aliphatic hydroxyl groups is 1. The molecule has 0 spiro atoms. The minimum Gasteiger partial charge on any atom is -0.394 e. The van der Waals surface area contributed by atoms with E-state index in [0.717, 1.165) is 16.7 Å². The van der Waals surface area contributed by atoms with Crippen LogP contribution in [0.4, 0.5) is 5.82 Å². The predicted molar refractivity (Wildman–Crippen MR) is 142 cm³/mol. The molecule has 1 fully saturated rings. The van der Waals surface area contributed by atoms with Crippen LogP contribution in [0.2, 0.25) is 0 Å². The van der Waals surface area contributed by atoms with Crippen molar-refractivity contribution in [2.45, 2.75) is 20.4 Å². The molecule has 0 aliphatic carbocycles. The molecule has 2 aromatic heterocycles. The average Bonchev–Trinajstić information content (AvgIpc) is 3.10. The topological polar surface area (TPSA) is 96.2 Å². The third-order valence-corrected chi connectivity index (χ3v) is 6.77. The molecule has 0 atom stereocenters. The van der Waals surface area contributed by atoms with Gasteiger partial charge in [-0.2, -0.15) is 0 Å². The van der Waals surface area contributed by atoms with Gasteiger partial charge in [0.2, 0.25) is 0 Å². The number of anilines is 1. The molecule has 0 radical (unpaired) electrons. The minimum absolute atomic E-state index is 0.0649. The van der Waals surface area contributed by atoms with Crippen LogP contribution in [0.25, 0.3) is 11.7 Å². The van der Waals surface area contributed by atoms with Gasteiger partial charge in [0, 0.05) is 12.7 Å². The summed E-state index contributed by atoms with van der Waals surface area (Å²) in [4.78, 5) is 33.2. The van der Waals surface area contributed by atoms with Crippen LogP contribution in [-0.2, 0) is 16.1 Å². The number of hydrogen-bond acceptors (Lipinski definition) is 8. The van der Waals surface area contributed by atoms with Crippen LogP contribution < -0.4 is 10.9 Å². The summed E-state index contributed by atoms with van der Waals surface area (Å²) < 4.78 is 7.22. The lowest BCUT2D eigenvalue weighted by Gasteiger charge is -2.14. The van der Waals surface area contributed by atoms with Crippen molar-refractivity contribution < 1.29 is 14.6 Å². The first-order chi connectivity index (χ1) is 16.9. The number of thioether (sulfide) groups is 1. The third kappa shape index (κ3) is 5.79. The Balaban J connectivity index is 1.67. The molecule has 1 aliphatic rings. The zero-order valence-corrected chi connectivity index (χ0v) is 21.1. The number of benzene rings is 1. The molecule has 2 N–H and O–H groups in total. The number of aliphatic hydroxyl groups excluding tert-OH is 1. The van der Waals surface area contributed by atoms with E-state index in [2.05, 4.69) is 10.3 Å². The fraction of sp³-hybridized carbons (Fsp3) is 0.280. The standard InChI is InChI=1S/C25H26N4O4S2/c1-16-3-6-18(7-4-16)15-29-24(32)20(35-25(29)34)13-19-22(26-9-11-33-12-10-30)27-21-8-5-17(2)14-28(21)23(19)31/h3-8,13-14,26,30H,9-12,15H2,1-2H3/b20-13-. The number of nitrogens with zero attached hydrogens (tertiary/aromatic N) is 3. The Hall–Kier alpha value is -3.05. The van der Waals surface area contributed by atoms with Crippen molar-refractivity contribution in [2.24, 2.45) is 0 Å². The first-order valence-electron chi connectivity index (χ1n) is 11.1. The predicted octanol–water partition coefficient (Wildman–Crippen LogP) is 3.13. The van der Waals surface area contributed by atoms with E-state index in [1.54, 1.807) is 23.2 Å². The number of aryl methyl sites for hydroxylation is 2. The van der Waals surface area contributed by atoms with Crippen LogP contribution >= 0.6 is 24.0 Å². The quantitative estimate of drug-likeness (QED) is 0.258. The van der Waals surface area contributed by atoms with Crippen LogP contribution in [-0.4, -0.2) is 56.0 Å². The molecule has 0 saturated carbocycles. The third-order valence-electron chi connectivity index (χ3n) is 5.39. The Morgan fingerprint density at radius 1 is 1.11 bits per heavy atom. The van der Waals surface area contributed by atoms with Crippen molar-refractivity contribution in [2.75, 3.05) is 31.7 Å². The van der Waals surface area contributed by atoms with Crippen LogP contribution in [0.1, 0.15) is 22.3 Å². The number of rotatable bonds is 9. The van der Waals surface area contributed by atoms with Crippen molar-refractivity contribution in [1.29, 1.82) is 0 Å². The van der Waals surface area contributed by atoms with Gasteiger partial charge in [-0.3, -0.25) is 18.9 Å². The molecular formula is C25H26N4O4S2. The fourth-order valence-corrected chi connectivity index (χ4v) is 4.81. The van der Waals surface area contributed by atoms with Gasteiger partial charge in [-0.1, -0.05) is 59.9 Å². The van der Waals surface area contributed by atoms with Crippen LogP contribution in [0.5, 0.6) is 0 Å². The van der Waals surface area contributed by atoms with Gasteiger partial charge in [-0.05, 0) is 37.1 Å². The van der Waals surface area contributed by atoms with Gasteiger partial charge < -0.3 is 15.2 Å². The second-order valence-electron chi connectivity index (χ2n) is 8.13. The molecule has 1 saturated heterocycles. The molecule has 0 unspecified atom stereocenters. The number of hydrogen-bond donors (Lipinski definition) is 2. The highest BCUT2D eigenvalue weighted by Gasteiger charge is 2.32. The molecule has 182 valence electrons. The van der Waals surface area contributed by atoms with Crippen LogP contribution in [0.3, 0.4) is 0 Å². The van der Waals surface area contributed by atoms with Crippen molar-refractivity contribution in [1.82, 2.24) is 14.3 Å². The first kappa shape index (κ1) is 25.1. The highest BCUT2D eigenvalue weighted by molar-refractivity contribution is 8.26. The summed E-state index contributed by atoms with van der Waals surface area (Å²) in [6, 6.07) is 11.6. The van der Waals surface area contributed by atoms with Gasteiger partial charge in [0.15, 0.2) is 0 Å². The molecule has 4 rings (SSSR count). The Labute approximate surface area is 212 Å². The van der Waals surface area contributed by atoms with E-state index in [-0.39, 0.29) is 30.2 Å². The van der Waals surface area contributed by atoms with E-state index in [9.17, 15) is 9.59 Å². The number of carbonyl (C=O) groups excluding carboxylic acids is 1. The lowest BCUT2D eigenvalue weighted by atomic mass is 10.1. The fourth-order valence-electron chi connectivity index (χ4n) is 3.58. The monoisotopic (exact) mass is 510 g/mol. The number of pyridine rings is 1. The van der Waals surface area contributed by atoms with E-state index in [1.165, 1.54) is 16.2 Å². The van der Waals surface area contributed by atoms with Crippen molar-refractivity contribution >= 4 is 51.7 Å². The number of carbonyl (C=O) groups is 1. The highest BCUT2D eigenvalue weighted by atomic mass is 32.2. The molecule has 3 aromatic rings. The van der Waals surface area contributed by atoms with Crippen LogP contribution in [0.15, 0.2) is 52.3 Å².